The van der Waals surface area contributed by atoms with Gasteiger partial charge in [-0.15, -0.1) is 0 Å². The van der Waals surface area contributed by atoms with Crippen molar-refractivity contribution in [3.8, 4) is 0 Å². The summed E-state index contributed by atoms with van der Waals surface area (Å²) in [7, 11) is 0. The molecule has 6 heteroatoms. The van der Waals surface area contributed by atoms with Crippen LogP contribution in [-0.2, 0) is 17.8 Å². The third-order valence-electron chi connectivity index (χ3n) is 5.07. The van der Waals surface area contributed by atoms with E-state index in [9.17, 15) is 9.59 Å². The van der Waals surface area contributed by atoms with E-state index in [-0.39, 0.29) is 23.3 Å². The molecule has 1 atom stereocenters. The maximum Gasteiger partial charge on any atom is 0.262 e. The summed E-state index contributed by atoms with van der Waals surface area (Å²) in [5, 5.41) is 4.36. The lowest BCUT2D eigenvalue weighted by atomic mass is 10.1. The average Bonchev–Trinajstić information content (AvgIpc) is 3.12. The fourth-order valence-corrected chi connectivity index (χ4v) is 4.59. The van der Waals surface area contributed by atoms with Crippen LogP contribution in [0.5, 0.6) is 0 Å². The van der Waals surface area contributed by atoms with Gasteiger partial charge in [0.25, 0.3) is 5.56 Å². The predicted molar refractivity (Wildman–Crippen MR) is 113 cm³/mol. The molecule has 0 saturated carbocycles. The highest BCUT2D eigenvalue weighted by Gasteiger charge is 2.23. The summed E-state index contributed by atoms with van der Waals surface area (Å²) in [4.78, 5) is 30.0. The Morgan fingerprint density at radius 2 is 2.00 bits per heavy atom. The highest BCUT2D eigenvalue weighted by molar-refractivity contribution is 7.99. The Hall–Kier alpha value is -2.60. The molecule has 0 bridgehead atoms. The van der Waals surface area contributed by atoms with Gasteiger partial charge in [-0.25, -0.2) is 4.98 Å². The Bertz CT molecular complexity index is 1080. The lowest BCUT2D eigenvalue weighted by Crippen LogP contribution is -2.29. The molecule has 1 aliphatic carbocycles. The minimum absolute atomic E-state index is 0.0304. The highest BCUT2D eigenvalue weighted by Crippen LogP contribution is 2.30. The smallest absolute Gasteiger partial charge is 0.262 e. The fourth-order valence-electron chi connectivity index (χ4n) is 3.75. The monoisotopic (exact) mass is 393 g/mol. The first-order valence-electron chi connectivity index (χ1n) is 9.67. The molecular formula is C22H23N3O2S. The SMILES string of the molecule is CCCn1c(SCC(=O)N[C@@H]2CCc3ccccc32)nc2ccccc2c1=O. The molecule has 1 aromatic heterocycles. The van der Waals surface area contributed by atoms with Gasteiger partial charge < -0.3 is 5.32 Å². The van der Waals surface area contributed by atoms with E-state index in [0.717, 1.165) is 19.3 Å². The number of carbonyl (C=O) groups excluding carboxylic acids is 1. The summed E-state index contributed by atoms with van der Waals surface area (Å²) >= 11 is 1.33. The molecule has 28 heavy (non-hydrogen) atoms. The van der Waals surface area contributed by atoms with Gasteiger partial charge in [0.2, 0.25) is 5.91 Å². The van der Waals surface area contributed by atoms with Gasteiger partial charge in [-0.1, -0.05) is 55.1 Å². The van der Waals surface area contributed by atoms with Gasteiger partial charge in [-0.2, -0.15) is 0 Å². The van der Waals surface area contributed by atoms with Gasteiger partial charge in [-0.3, -0.25) is 14.2 Å². The van der Waals surface area contributed by atoms with Crippen LogP contribution in [-0.4, -0.2) is 21.2 Å². The second kappa shape index (κ2) is 8.19. The van der Waals surface area contributed by atoms with Gasteiger partial charge in [0.15, 0.2) is 5.16 Å². The lowest BCUT2D eigenvalue weighted by Gasteiger charge is -2.15. The van der Waals surface area contributed by atoms with Crippen LogP contribution in [0.15, 0.2) is 58.5 Å². The van der Waals surface area contributed by atoms with Crippen molar-refractivity contribution in [1.82, 2.24) is 14.9 Å². The van der Waals surface area contributed by atoms with E-state index in [4.69, 9.17) is 0 Å². The zero-order valence-electron chi connectivity index (χ0n) is 15.9. The molecule has 3 aromatic rings. The van der Waals surface area contributed by atoms with E-state index in [1.807, 2.05) is 37.3 Å². The third-order valence-corrected chi connectivity index (χ3v) is 6.05. The molecule has 0 spiro atoms. The number of benzene rings is 2. The molecule has 1 amide bonds. The van der Waals surface area contributed by atoms with Gasteiger partial charge in [0.05, 0.1) is 22.7 Å². The maximum atomic E-state index is 12.8. The van der Waals surface area contributed by atoms with Crippen LogP contribution < -0.4 is 10.9 Å². The van der Waals surface area contributed by atoms with Crippen molar-refractivity contribution in [3.63, 3.8) is 0 Å². The van der Waals surface area contributed by atoms with Crippen LogP contribution in [0.25, 0.3) is 10.9 Å². The fraction of sp³-hybridized carbons (Fsp3) is 0.318. The van der Waals surface area contributed by atoms with E-state index in [1.54, 1.807) is 10.6 Å². The average molecular weight is 394 g/mol. The zero-order valence-corrected chi connectivity index (χ0v) is 16.7. The molecule has 1 N–H and O–H groups in total. The standard InChI is InChI=1S/C22H23N3O2S/c1-2-13-25-21(27)17-9-5-6-10-18(17)24-22(25)28-14-20(26)23-19-12-11-15-7-3-4-8-16(15)19/h3-10,19H,2,11-14H2,1H3,(H,23,26)/t19-/m1/s1. The summed E-state index contributed by atoms with van der Waals surface area (Å²) in [6.45, 7) is 2.62. The number of fused-ring (bicyclic) bond motifs is 2. The number of hydrogen-bond donors (Lipinski definition) is 1. The second-order valence-corrected chi connectivity index (χ2v) is 7.96. The number of aromatic nitrogens is 2. The van der Waals surface area contributed by atoms with Crippen molar-refractivity contribution >= 4 is 28.6 Å². The zero-order chi connectivity index (χ0) is 19.5. The van der Waals surface area contributed by atoms with E-state index >= 15 is 0 Å². The Kier molecular flexibility index (Phi) is 5.48. The van der Waals surface area contributed by atoms with Crippen LogP contribution in [0, 0.1) is 0 Å². The molecule has 0 unspecified atom stereocenters. The van der Waals surface area contributed by atoms with Crippen molar-refractivity contribution in [3.05, 3.63) is 70.0 Å². The van der Waals surface area contributed by atoms with Crippen LogP contribution >= 0.6 is 11.8 Å². The summed E-state index contributed by atoms with van der Waals surface area (Å²) in [5.41, 5.74) is 3.16. The summed E-state index contributed by atoms with van der Waals surface area (Å²) < 4.78 is 1.69. The molecule has 144 valence electrons. The first-order valence-corrected chi connectivity index (χ1v) is 10.7. The van der Waals surface area contributed by atoms with Gasteiger partial charge >= 0.3 is 0 Å². The van der Waals surface area contributed by atoms with Crippen molar-refractivity contribution in [2.75, 3.05) is 5.75 Å². The van der Waals surface area contributed by atoms with Crippen molar-refractivity contribution in [2.24, 2.45) is 0 Å². The number of rotatable bonds is 6. The normalized spacial score (nSPS) is 15.5. The largest absolute Gasteiger partial charge is 0.349 e. The Labute approximate surface area is 168 Å². The van der Waals surface area contributed by atoms with E-state index in [0.29, 0.717) is 22.6 Å². The molecular weight excluding hydrogens is 370 g/mol. The Morgan fingerprint density at radius 3 is 2.86 bits per heavy atom. The molecule has 1 heterocycles. The third kappa shape index (κ3) is 3.69. The minimum atomic E-state index is -0.0416. The number of para-hydroxylation sites is 1. The number of thioether (sulfide) groups is 1. The number of hydrogen-bond acceptors (Lipinski definition) is 4. The Balaban J connectivity index is 1.50. The molecule has 0 fully saturated rings. The van der Waals surface area contributed by atoms with Crippen molar-refractivity contribution < 1.29 is 4.79 Å². The number of aryl methyl sites for hydroxylation is 1. The topological polar surface area (TPSA) is 64.0 Å². The molecule has 2 aromatic carbocycles. The van der Waals surface area contributed by atoms with Gasteiger partial charge in [-0.05, 0) is 42.5 Å². The summed E-state index contributed by atoms with van der Waals surface area (Å²) in [6, 6.07) is 15.7. The lowest BCUT2D eigenvalue weighted by molar-refractivity contribution is -0.119. The summed E-state index contributed by atoms with van der Waals surface area (Å²) in [6.07, 6.45) is 2.76. The van der Waals surface area contributed by atoms with E-state index < -0.39 is 0 Å². The molecule has 1 aliphatic rings. The number of amides is 1. The minimum Gasteiger partial charge on any atom is -0.349 e. The predicted octanol–water partition coefficient (Wildman–Crippen LogP) is 3.70. The van der Waals surface area contributed by atoms with Crippen molar-refractivity contribution in [2.45, 2.75) is 43.9 Å². The first kappa shape index (κ1) is 18.7. The molecule has 0 aliphatic heterocycles. The van der Waals surface area contributed by atoms with E-state index in [1.165, 1.54) is 22.9 Å². The van der Waals surface area contributed by atoms with E-state index in [2.05, 4.69) is 22.4 Å². The van der Waals surface area contributed by atoms with Gasteiger partial charge in [0.1, 0.15) is 0 Å². The van der Waals surface area contributed by atoms with Crippen LogP contribution in [0.4, 0.5) is 0 Å². The van der Waals surface area contributed by atoms with Crippen molar-refractivity contribution in [1.29, 1.82) is 0 Å². The first-order chi connectivity index (χ1) is 13.7. The maximum absolute atomic E-state index is 12.8. The van der Waals surface area contributed by atoms with Crippen LogP contribution in [0.3, 0.4) is 0 Å². The highest BCUT2D eigenvalue weighted by atomic mass is 32.2. The number of carbonyl (C=O) groups is 1. The number of nitrogens with one attached hydrogen (secondary N) is 1. The Morgan fingerprint density at radius 1 is 1.21 bits per heavy atom. The second-order valence-electron chi connectivity index (χ2n) is 7.01. The quantitative estimate of drug-likeness (QED) is 0.512. The molecule has 0 saturated heterocycles. The van der Waals surface area contributed by atoms with Crippen LogP contribution in [0.2, 0.25) is 0 Å². The molecule has 4 rings (SSSR count). The van der Waals surface area contributed by atoms with Crippen LogP contribution in [0.1, 0.15) is 36.9 Å². The molecule has 5 nitrogen and oxygen atoms in total. The van der Waals surface area contributed by atoms with Gasteiger partial charge in [0, 0.05) is 6.54 Å². The molecule has 0 radical (unpaired) electrons. The summed E-state index contributed by atoms with van der Waals surface area (Å²) in [5.74, 6) is 0.213. The number of nitrogens with zero attached hydrogens (tertiary/aromatic N) is 2.